The molecule has 1 unspecified atom stereocenters. The van der Waals surface area contributed by atoms with Gasteiger partial charge in [-0.3, -0.25) is 0 Å². The average Bonchev–Trinajstić information content (AvgIpc) is 2.85. The molecule has 0 spiro atoms. The predicted molar refractivity (Wildman–Crippen MR) is 73.8 cm³/mol. The summed E-state index contributed by atoms with van der Waals surface area (Å²) < 4.78 is 13.0. The Labute approximate surface area is 114 Å². The van der Waals surface area contributed by atoms with Crippen LogP contribution >= 0.6 is 11.6 Å². The Morgan fingerprint density at radius 1 is 1.11 bits per heavy atom. The van der Waals surface area contributed by atoms with Crippen LogP contribution in [0.2, 0.25) is 5.02 Å². The molecular formula is C15H11ClFNO. The number of rotatable bonds is 2. The van der Waals surface area contributed by atoms with E-state index in [-0.39, 0.29) is 5.02 Å². The van der Waals surface area contributed by atoms with E-state index in [1.165, 1.54) is 18.2 Å². The largest absolute Gasteiger partial charge is 0.384 e. The highest BCUT2D eigenvalue weighted by Crippen LogP contribution is 2.30. The van der Waals surface area contributed by atoms with Crippen LogP contribution < -0.4 is 0 Å². The minimum absolute atomic E-state index is 0.224. The molecule has 0 fully saturated rings. The molecule has 2 nitrogen and oxygen atoms in total. The molecule has 0 aliphatic carbocycles. The van der Waals surface area contributed by atoms with Gasteiger partial charge in [-0.05, 0) is 41.3 Å². The Morgan fingerprint density at radius 2 is 1.95 bits per heavy atom. The summed E-state index contributed by atoms with van der Waals surface area (Å²) in [4.78, 5) is 3.09. The van der Waals surface area contributed by atoms with Gasteiger partial charge in [0.15, 0.2) is 0 Å². The molecule has 0 amide bonds. The Morgan fingerprint density at radius 3 is 2.74 bits per heavy atom. The van der Waals surface area contributed by atoms with Crippen molar-refractivity contribution in [1.82, 2.24) is 4.98 Å². The van der Waals surface area contributed by atoms with Crippen LogP contribution in [0.25, 0.3) is 10.9 Å². The van der Waals surface area contributed by atoms with Crippen molar-refractivity contribution in [3.63, 3.8) is 0 Å². The zero-order valence-corrected chi connectivity index (χ0v) is 10.7. The lowest BCUT2D eigenvalue weighted by molar-refractivity contribution is 0.220. The Kier molecular flexibility index (Phi) is 3.01. The normalized spacial score (nSPS) is 12.8. The molecule has 0 saturated carbocycles. The zero-order chi connectivity index (χ0) is 13.4. The third kappa shape index (κ3) is 2.23. The average molecular weight is 276 g/mol. The number of benzene rings is 2. The topological polar surface area (TPSA) is 36.0 Å². The van der Waals surface area contributed by atoms with E-state index in [9.17, 15) is 9.50 Å². The minimum Gasteiger partial charge on any atom is -0.384 e. The zero-order valence-electron chi connectivity index (χ0n) is 9.90. The third-order valence-corrected chi connectivity index (χ3v) is 3.48. The van der Waals surface area contributed by atoms with Crippen LogP contribution in [0.4, 0.5) is 4.39 Å². The van der Waals surface area contributed by atoms with E-state index in [4.69, 9.17) is 11.6 Å². The molecule has 0 bridgehead atoms. The first-order valence-electron chi connectivity index (χ1n) is 5.85. The monoisotopic (exact) mass is 275 g/mol. The summed E-state index contributed by atoms with van der Waals surface area (Å²) in [6, 6.07) is 11.5. The van der Waals surface area contributed by atoms with Gasteiger partial charge in [-0.2, -0.15) is 0 Å². The van der Waals surface area contributed by atoms with Crippen molar-refractivity contribution in [1.29, 1.82) is 0 Å². The second-order valence-corrected chi connectivity index (χ2v) is 4.80. The number of aromatic amines is 1. The standard InChI is InChI=1S/C15H11ClFNO/c16-13-8-11(17)2-3-12(13)15(19)10-1-4-14-9(7-10)5-6-18-14/h1-8,15,18-19H. The second kappa shape index (κ2) is 4.68. The first-order chi connectivity index (χ1) is 9.15. The molecule has 1 atom stereocenters. The van der Waals surface area contributed by atoms with Gasteiger partial charge in [0.2, 0.25) is 0 Å². The van der Waals surface area contributed by atoms with Crippen molar-refractivity contribution in [2.45, 2.75) is 6.10 Å². The molecule has 0 aliphatic heterocycles. The maximum absolute atomic E-state index is 13.0. The fourth-order valence-electron chi connectivity index (χ4n) is 2.14. The molecule has 0 radical (unpaired) electrons. The van der Waals surface area contributed by atoms with Crippen molar-refractivity contribution >= 4 is 22.5 Å². The first-order valence-corrected chi connectivity index (χ1v) is 6.23. The van der Waals surface area contributed by atoms with Gasteiger partial charge in [0, 0.05) is 22.3 Å². The molecule has 1 aromatic heterocycles. The summed E-state index contributed by atoms with van der Waals surface area (Å²) in [5, 5.41) is 11.6. The van der Waals surface area contributed by atoms with Gasteiger partial charge < -0.3 is 10.1 Å². The molecule has 96 valence electrons. The Hall–Kier alpha value is -1.84. The maximum atomic E-state index is 13.0. The van der Waals surface area contributed by atoms with Gasteiger partial charge in [0.05, 0.1) is 0 Å². The minimum atomic E-state index is -0.868. The lowest BCUT2D eigenvalue weighted by Crippen LogP contribution is -2.00. The van der Waals surface area contributed by atoms with E-state index in [0.717, 1.165) is 16.5 Å². The first kappa shape index (κ1) is 12.2. The molecule has 19 heavy (non-hydrogen) atoms. The fourth-order valence-corrected chi connectivity index (χ4v) is 2.42. The van der Waals surface area contributed by atoms with Crippen molar-refractivity contribution < 1.29 is 9.50 Å². The van der Waals surface area contributed by atoms with Crippen LogP contribution in [-0.2, 0) is 0 Å². The highest BCUT2D eigenvalue weighted by atomic mass is 35.5. The Bertz CT molecular complexity index is 738. The number of hydrogen-bond donors (Lipinski definition) is 2. The van der Waals surface area contributed by atoms with Crippen LogP contribution in [0.3, 0.4) is 0 Å². The number of H-pyrrole nitrogens is 1. The second-order valence-electron chi connectivity index (χ2n) is 4.39. The van der Waals surface area contributed by atoms with E-state index in [1.807, 2.05) is 30.5 Å². The van der Waals surface area contributed by atoms with Crippen molar-refractivity contribution in [2.75, 3.05) is 0 Å². The molecule has 2 aromatic carbocycles. The van der Waals surface area contributed by atoms with E-state index in [1.54, 1.807) is 0 Å². The van der Waals surface area contributed by atoms with Gasteiger partial charge in [-0.15, -0.1) is 0 Å². The summed E-state index contributed by atoms with van der Waals surface area (Å²) >= 11 is 5.97. The van der Waals surface area contributed by atoms with Gasteiger partial charge in [0.1, 0.15) is 11.9 Å². The molecule has 0 saturated heterocycles. The van der Waals surface area contributed by atoms with Crippen LogP contribution in [0, 0.1) is 5.82 Å². The third-order valence-electron chi connectivity index (χ3n) is 3.15. The van der Waals surface area contributed by atoms with Crippen molar-refractivity contribution in [2.24, 2.45) is 0 Å². The molecule has 1 heterocycles. The van der Waals surface area contributed by atoms with E-state index in [0.29, 0.717) is 5.56 Å². The molecule has 4 heteroatoms. The van der Waals surface area contributed by atoms with E-state index in [2.05, 4.69) is 4.98 Å². The lowest BCUT2D eigenvalue weighted by atomic mass is 10.0. The maximum Gasteiger partial charge on any atom is 0.124 e. The lowest BCUT2D eigenvalue weighted by Gasteiger charge is -2.13. The van der Waals surface area contributed by atoms with Crippen molar-refractivity contribution in [3.05, 3.63) is 70.6 Å². The summed E-state index contributed by atoms with van der Waals surface area (Å²) in [7, 11) is 0. The van der Waals surface area contributed by atoms with Crippen LogP contribution in [0.1, 0.15) is 17.2 Å². The summed E-state index contributed by atoms with van der Waals surface area (Å²) in [6.07, 6.45) is 0.971. The van der Waals surface area contributed by atoms with Gasteiger partial charge in [0.25, 0.3) is 0 Å². The Balaban J connectivity index is 2.04. The smallest absolute Gasteiger partial charge is 0.124 e. The number of aliphatic hydroxyl groups excluding tert-OH is 1. The van der Waals surface area contributed by atoms with E-state index < -0.39 is 11.9 Å². The molecule has 2 N–H and O–H groups in total. The number of hydrogen-bond acceptors (Lipinski definition) is 1. The number of aliphatic hydroxyl groups is 1. The molecule has 3 rings (SSSR count). The molecule has 3 aromatic rings. The molecular weight excluding hydrogens is 265 g/mol. The van der Waals surface area contributed by atoms with Crippen LogP contribution in [0.5, 0.6) is 0 Å². The van der Waals surface area contributed by atoms with Gasteiger partial charge in [-0.25, -0.2) is 4.39 Å². The van der Waals surface area contributed by atoms with Crippen LogP contribution in [0.15, 0.2) is 48.7 Å². The number of halogens is 2. The number of fused-ring (bicyclic) bond motifs is 1. The highest BCUT2D eigenvalue weighted by Gasteiger charge is 2.15. The quantitative estimate of drug-likeness (QED) is 0.727. The predicted octanol–water partition coefficient (Wildman–Crippen LogP) is 4.04. The van der Waals surface area contributed by atoms with Crippen LogP contribution in [-0.4, -0.2) is 10.1 Å². The number of aromatic nitrogens is 1. The summed E-state index contributed by atoms with van der Waals surface area (Å²) in [5.74, 6) is -0.415. The van der Waals surface area contributed by atoms with E-state index >= 15 is 0 Å². The molecule has 0 aliphatic rings. The summed E-state index contributed by atoms with van der Waals surface area (Å²) in [6.45, 7) is 0. The SMILES string of the molecule is OC(c1ccc2[nH]ccc2c1)c1ccc(F)cc1Cl. The van der Waals surface area contributed by atoms with Gasteiger partial charge >= 0.3 is 0 Å². The highest BCUT2D eigenvalue weighted by molar-refractivity contribution is 6.31. The summed E-state index contributed by atoms with van der Waals surface area (Å²) in [5.41, 5.74) is 2.22. The van der Waals surface area contributed by atoms with Crippen molar-refractivity contribution in [3.8, 4) is 0 Å². The van der Waals surface area contributed by atoms with Gasteiger partial charge in [-0.1, -0.05) is 23.7 Å². The number of nitrogens with one attached hydrogen (secondary N) is 1. The fraction of sp³-hybridized carbons (Fsp3) is 0.0667.